The highest BCUT2D eigenvalue weighted by Gasteiger charge is 2.14. The fourth-order valence-electron chi connectivity index (χ4n) is 1.15. The second kappa shape index (κ2) is 4.77. The van der Waals surface area contributed by atoms with E-state index in [2.05, 4.69) is 10.2 Å². The lowest BCUT2D eigenvalue weighted by Crippen LogP contribution is -2.22. The van der Waals surface area contributed by atoms with Crippen molar-refractivity contribution in [1.29, 1.82) is 0 Å². The molecule has 1 aromatic heterocycles. The number of hydrogen-bond acceptors (Lipinski definition) is 6. The average Bonchev–Trinajstić information content (AvgIpc) is 2.48. The molecule has 1 aromatic rings. The minimum atomic E-state index is -0.250. The van der Waals surface area contributed by atoms with Crippen molar-refractivity contribution in [2.75, 3.05) is 25.3 Å². The van der Waals surface area contributed by atoms with Crippen LogP contribution in [-0.2, 0) is 4.74 Å². The SMILES string of the molecule is COCCCC(N)c1nnc(N)n1N. The van der Waals surface area contributed by atoms with Crippen LogP contribution in [0.2, 0.25) is 0 Å². The monoisotopic (exact) mass is 200 g/mol. The molecule has 14 heavy (non-hydrogen) atoms. The Labute approximate surface area is 82.2 Å². The first-order valence-corrected chi connectivity index (χ1v) is 4.37. The van der Waals surface area contributed by atoms with Crippen molar-refractivity contribution in [1.82, 2.24) is 14.9 Å². The van der Waals surface area contributed by atoms with Crippen LogP contribution >= 0.6 is 0 Å². The van der Waals surface area contributed by atoms with Crippen LogP contribution < -0.4 is 17.3 Å². The minimum absolute atomic E-state index is 0.169. The molecule has 0 aromatic carbocycles. The van der Waals surface area contributed by atoms with Gasteiger partial charge in [0.2, 0.25) is 5.95 Å². The van der Waals surface area contributed by atoms with Crippen LogP contribution in [0.4, 0.5) is 5.95 Å². The van der Waals surface area contributed by atoms with E-state index in [9.17, 15) is 0 Å². The number of hydrogen-bond donors (Lipinski definition) is 3. The standard InChI is InChI=1S/C7H16N6O/c1-14-4-2-3-5(8)6-11-12-7(9)13(6)10/h5H,2-4,8,10H2,1H3,(H2,9,12). The molecule has 80 valence electrons. The maximum Gasteiger partial charge on any atom is 0.240 e. The van der Waals surface area contributed by atoms with Crippen molar-refractivity contribution >= 4 is 5.95 Å². The summed E-state index contributed by atoms with van der Waals surface area (Å²) in [4.78, 5) is 0. The summed E-state index contributed by atoms with van der Waals surface area (Å²) in [5, 5.41) is 7.41. The van der Waals surface area contributed by atoms with E-state index in [1.165, 1.54) is 4.68 Å². The number of rotatable bonds is 5. The lowest BCUT2D eigenvalue weighted by atomic mass is 10.1. The molecule has 0 aliphatic rings. The van der Waals surface area contributed by atoms with Crippen LogP contribution in [0, 0.1) is 0 Å². The van der Waals surface area contributed by atoms with Crippen LogP contribution in [0.1, 0.15) is 24.7 Å². The van der Waals surface area contributed by atoms with Gasteiger partial charge in [0.15, 0.2) is 5.82 Å². The molecule has 0 amide bonds. The third-order valence-corrected chi connectivity index (χ3v) is 1.94. The quantitative estimate of drug-likeness (QED) is 0.414. The van der Waals surface area contributed by atoms with E-state index < -0.39 is 0 Å². The molecule has 1 heterocycles. The van der Waals surface area contributed by atoms with Gasteiger partial charge in [0, 0.05) is 13.7 Å². The lowest BCUT2D eigenvalue weighted by Gasteiger charge is -2.09. The molecule has 0 fully saturated rings. The summed E-state index contributed by atoms with van der Waals surface area (Å²) in [6.07, 6.45) is 1.59. The summed E-state index contributed by atoms with van der Waals surface area (Å²) in [7, 11) is 1.65. The second-order valence-electron chi connectivity index (χ2n) is 3.03. The van der Waals surface area contributed by atoms with Gasteiger partial charge in [-0.3, -0.25) is 0 Å². The fraction of sp³-hybridized carbons (Fsp3) is 0.714. The Morgan fingerprint density at radius 1 is 1.50 bits per heavy atom. The third-order valence-electron chi connectivity index (χ3n) is 1.94. The van der Waals surface area contributed by atoms with E-state index >= 15 is 0 Å². The molecular formula is C7H16N6O. The van der Waals surface area contributed by atoms with Gasteiger partial charge in [-0.25, -0.2) is 4.68 Å². The zero-order valence-corrected chi connectivity index (χ0v) is 8.18. The van der Waals surface area contributed by atoms with Gasteiger partial charge < -0.3 is 22.0 Å². The van der Waals surface area contributed by atoms with E-state index in [4.69, 9.17) is 22.0 Å². The summed E-state index contributed by atoms with van der Waals surface area (Å²) < 4.78 is 6.12. The Balaban J connectivity index is 2.52. The zero-order valence-electron chi connectivity index (χ0n) is 8.18. The number of methoxy groups -OCH3 is 1. The van der Waals surface area contributed by atoms with E-state index in [0.717, 1.165) is 12.8 Å². The first kappa shape index (κ1) is 10.7. The van der Waals surface area contributed by atoms with Crippen LogP contribution in [0.5, 0.6) is 0 Å². The highest BCUT2D eigenvalue weighted by molar-refractivity contribution is 5.18. The molecule has 0 saturated heterocycles. The van der Waals surface area contributed by atoms with Crippen molar-refractivity contribution in [2.24, 2.45) is 5.73 Å². The van der Waals surface area contributed by atoms with Gasteiger partial charge >= 0.3 is 0 Å². The Morgan fingerprint density at radius 3 is 2.71 bits per heavy atom. The summed E-state index contributed by atoms with van der Waals surface area (Å²) in [5.74, 6) is 6.23. The Bertz CT molecular complexity index is 286. The molecule has 1 unspecified atom stereocenters. The molecule has 0 spiro atoms. The average molecular weight is 200 g/mol. The van der Waals surface area contributed by atoms with Gasteiger partial charge in [0.25, 0.3) is 0 Å². The van der Waals surface area contributed by atoms with E-state index in [0.29, 0.717) is 12.4 Å². The number of nitrogen functional groups attached to an aromatic ring is 2. The number of nitrogens with zero attached hydrogens (tertiary/aromatic N) is 3. The van der Waals surface area contributed by atoms with Gasteiger partial charge in [-0.1, -0.05) is 0 Å². The predicted octanol–water partition coefficient (Wildman–Crippen LogP) is -0.999. The maximum atomic E-state index is 5.84. The summed E-state index contributed by atoms with van der Waals surface area (Å²) in [6.45, 7) is 0.669. The molecule has 0 radical (unpaired) electrons. The molecule has 0 aliphatic carbocycles. The number of anilines is 1. The van der Waals surface area contributed by atoms with Crippen molar-refractivity contribution < 1.29 is 4.74 Å². The molecule has 6 N–H and O–H groups in total. The number of ether oxygens (including phenoxy) is 1. The van der Waals surface area contributed by atoms with E-state index in [-0.39, 0.29) is 12.0 Å². The molecule has 1 rings (SSSR count). The van der Waals surface area contributed by atoms with Crippen molar-refractivity contribution in [3.8, 4) is 0 Å². The normalized spacial score (nSPS) is 13.0. The first-order valence-electron chi connectivity index (χ1n) is 4.37. The first-order chi connectivity index (χ1) is 6.66. The topological polar surface area (TPSA) is 118 Å². The zero-order chi connectivity index (χ0) is 10.6. The maximum absolute atomic E-state index is 5.84. The van der Waals surface area contributed by atoms with Crippen LogP contribution in [0.3, 0.4) is 0 Å². The minimum Gasteiger partial charge on any atom is -0.385 e. The smallest absolute Gasteiger partial charge is 0.240 e. The van der Waals surface area contributed by atoms with Crippen LogP contribution in [0.15, 0.2) is 0 Å². The largest absolute Gasteiger partial charge is 0.385 e. The van der Waals surface area contributed by atoms with Gasteiger partial charge in [0.05, 0.1) is 6.04 Å². The highest BCUT2D eigenvalue weighted by atomic mass is 16.5. The van der Waals surface area contributed by atoms with Gasteiger partial charge in [-0.2, -0.15) is 0 Å². The predicted molar refractivity (Wildman–Crippen MR) is 52.6 cm³/mol. The molecule has 1 atom stereocenters. The molecule has 0 aliphatic heterocycles. The van der Waals surface area contributed by atoms with Gasteiger partial charge in [-0.05, 0) is 12.8 Å². The molecule has 7 nitrogen and oxygen atoms in total. The van der Waals surface area contributed by atoms with Crippen LogP contribution in [0.25, 0.3) is 0 Å². The summed E-state index contributed by atoms with van der Waals surface area (Å²) in [5.41, 5.74) is 11.3. The second-order valence-corrected chi connectivity index (χ2v) is 3.03. The van der Waals surface area contributed by atoms with E-state index in [1.807, 2.05) is 0 Å². The summed E-state index contributed by atoms with van der Waals surface area (Å²) >= 11 is 0. The van der Waals surface area contributed by atoms with E-state index in [1.54, 1.807) is 7.11 Å². The summed E-state index contributed by atoms with van der Waals surface area (Å²) in [6, 6.07) is -0.250. The van der Waals surface area contributed by atoms with Crippen molar-refractivity contribution in [2.45, 2.75) is 18.9 Å². The molecule has 0 bridgehead atoms. The number of aromatic nitrogens is 3. The highest BCUT2D eigenvalue weighted by Crippen LogP contribution is 2.13. The molecular weight excluding hydrogens is 184 g/mol. The Morgan fingerprint density at radius 2 is 2.21 bits per heavy atom. The fourth-order valence-corrected chi connectivity index (χ4v) is 1.15. The van der Waals surface area contributed by atoms with Gasteiger partial charge in [-0.15, -0.1) is 10.2 Å². The van der Waals surface area contributed by atoms with Crippen LogP contribution in [-0.4, -0.2) is 28.6 Å². The number of nitrogens with two attached hydrogens (primary N) is 3. The van der Waals surface area contributed by atoms with Gasteiger partial charge in [0.1, 0.15) is 0 Å². The van der Waals surface area contributed by atoms with Crippen molar-refractivity contribution in [3.63, 3.8) is 0 Å². The Kier molecular flexibility index (Phi) is 3.66. The molecule has 0 saturated carbocycles. The third kappa shape index (κ3) is 2.33. The lowest BCUT2D eigenvalue weighted by molar-refractivity contribution is 0.190. The van der Waals surface area contributed by atoms with Crippen molar-refractivity contribution in [3.05, 3.63) is 5.82 Å². The molecule has 7 heteroatoms. The Hall–Kier alpha value is -1.34.